The fraction of sp³-hybridized carbons (Fsp3) is 0.100. The van der Waals surface area contributed by atoms with Crippen LogP contribution in [0, 0.1) is 18.3 Å². The standard InChI is InChI=1S/C20H17N7/c1-13-12-18(27-26-13)24-19-16-4-2-3-5-17(16)23-20(25-19)22-15-8-6-14(7-9-15)10-11-21/h2-9,12H,10H2,1H3,(H3,22,23,24,25,26,27). The van der Waals surface area contributed by atoms with Crippen molar-refractivity contribution in [1.82, 2.24) is 20.2 Å². The number of para-hydroxylation sites is 1. The summed E-state index contributed by atoms with van der Waals surface area (Å²) in [5.41, 5.74) is 3.62. The minimum atomic E-state index is 0.393. The van der Waals surface area contributed by atoms with E-state index in [0.29, 0.717) is 24.0 Å². The van der Waals surface area contributed by atoms with Crippen molar-refractivity contribution in [2.24, 2.45) is 0 Å². The first kappa shape index (κ1) is 16.5. The third-order valence-electron chi connectivity index (χ3n) is 4.05. The second-order valence-corrected chi connectivity index (χ2v) is 6.13. The molecular weight excluding hydrogens is 338 g/mol. The van der Waals surface area contributed by atoms with Crippen LogP contribution in [0.15, 0.2) is 54.6 Å². The Balaban J connectivity index is 1.67. The predicted octanol–water partition coefficient (Wildman–Crippen LogP) is 4.21. The van der Waals surface area contributed by atoms with Gasteiger partial charge in [-0.05, 0) is 36.8 Å². The van der Waals surface area contributed by atoms with E-state index in [2.05, 4.69) is 36.9 Å². The van der Waals surface area contributed by atoms with Crippen molar-refractivity contribution < 1.29 is 0 Å². The quantitative estimate of drug-likeness (QED) is 0.495. The molecule has 0 saturated carbocycles. The van der Waals surface area contributed by atoms with E-state index in [-0.39, 0.29) is 0 Å². The number of aromatic nitrogens is 4. The number of anilines is 4. The molecular formula is C20H17N7. The molecule has 0 aliphatic carbocycles. The predicted molar refractivity (Wildman–Crippen MR) is 105 cm³/mol. The number of fused-ring (bicyclic) bond motifs is 1. The van der Waals surface area contributed by atoms with Crippen LogP contribution in [-0.4, -0.2) is 20.2 Å². The lowest BCUT2D eigenvalue weighted by atomic mass is 10.1. The molecule has 0 radical (unpaired) electrons. The third-order valence-corrected chi connectivity index (χ3v) is 4.05. The summed E-state index contributed by atoms with van der Waals surface area (Å²) in [5.74, 6) is 1.86. The monoisotopic (exact) mass is 355 g/mol. The lowest BCUT2D eigenvalue weighted by Crippen LogP contribution is -2.02. The van der Waals surface area contributed by atoms with Gasteiger partial charge in [0.05, 0.1) is 18.0 Å². The zero-order valence-electron chi connectivity index (χ0n) is 14.7. The molecule has 0 bridgehead atoms. The van der Waals surface area contributed by atoms with Gasteiger partial charge in [-0.15, -0.1) is 0 Å². The Morgan fingerprint density at radius 1 is 1.04 bits per heavy atom. The Labute approximate surface area is 156 Å². The highest BCUT2D eigenvalue weighted by Crippen LogP contribution is 2.26. The summed E-state index contributed by atoms with van der Waals surface area (Å²) in [6, 6.07) is 19.5. The Kier molecular flexibility index (Phi) is 4.37. The first-order valence-corrected chi connectivity index (χ1v) is 8.50. The Morgan fingerprint density at radius 2 is 1.85 bits per heavy atom. The minimum Gasteiger partial charge on any atom is -0.324 e. The normalized spacial score (nSPS) is 10.5. The molecule has 0 unspecified atom stereocenters. The second kappa shape index (κ2) is 7.14. The van der Waals surface area contributed by atoms with Crippen LogP contribution in [0.4, 0.5) is 23.3 Å². The number of rotatable bonds is 5. The molecule has 0 fully saturated rings. The largest absolute Gasteiger partial charge is 0.324 e. The van der Waals surface area contributed by atoms with Gasteiger partial charge in [0, 0.05) is 22.8 Å². The summed E-state index contributed by atoms with van der Waals surface area (Å²) in [5, 5.41) is 23.3. The van der Waals surface area contributed by atoms with Crippen LogP contribution in [0.5, 0.6) is 0 Å². The summed E-state index contributed by atoms with van der Waals surface area (Å²) in [4.78, 5) is 9.21. The molecule has 27 heavy (non-hydrogen) atoms. The molecule has 0 atom stereocenters. The number of hydrogen-bond acceptors (Lipinski definition) is 6. The molecule has 7 nitrogen and oxygen atoms in total. The third kappa shape index (κ3) is 3.70. The summed E-state index contributed by atoms with van der Waals surface area (Å²) in [7, 11) is 0. The fourth-order valence-corrected chi connectivity index (χ4v) is 2.76. The first-order valence-electron chi connectivity index (χ1n) is 8.50. The SMILES string of the molecule is Cc1cc(Nc2nc(Nc3ccc(CC#N)cc3)nc3ccccc23)n[nH]1. The highest BCUT2D eigenvalue weighted by atomic mass is 15.2. The molecule has 0 amide bonds. The summed E-state index contributed by atoms with van der Waals surface area (Å²) in [6.45, 7) is 1.94. The number of nitrogens with zero attached hydrogens (tertiary/aromatic N) is 4. The zero-order valence-corrected chi connectivity index (χ0v) is 14.7. The molecule has 4 rings (SSSR count). The maximum atomic E-state index is 8.78. The van der Waals surface area contributed by atoms with Crippen LogP contribution in [0.25, 0.3) is 10.9 Å². The van der Waals surface area contributed by atoms with Crippen LogP contribution >= 0.6 is 0 Å². The second-order valence-electron chi connectivity index (χ2n) is 6.13. The molecule has 2 aromatic carbocycles. The van der Waals surface area contributed by atoms with E-state index in [0.717, 1.165) is 27.8 Å². The van der Waals surface area contributed by atoms with Gasteiger partial charge in [-0.3, -0.25) is 5.10 Å². The van der Waals surface area contributed by atoms with Crippen molar-refractivity contribution in [2.75, 3.05) is 10.6 Å². The first-order chi connectivity index (χ1) is 13.2. The van der Waals surface area contributed by atoms with Crippen molar-refractivity contribution >= 4 is 34.2 Å². The van der Waals surface area contributed by atoms with Crippen LogP contribution in [-0.2, 0) is 6.42 Å². The zero-order chi connectivity index (χ0) is 18.6. The van der Waals surface area contributed by atoms with Crippen molar-refractivity contribution in [3.8, 4) is 6.07 Å². The molecule has 0 aliphatic heterocycles. The molecule has 132 valence electrons. The number of benzene rings is 2. The summed E-state index contributed by atoms with van der Waals surface area (Å²) in [6.07, 6.45) is 0.393. The van der Waals surface area contributed by atoms with Crippen molar-refractivity contribution in [3.05, 3.63) is 65.9 Å². The van der Waals surface area contributed by atoms with Gasteiger partial charge in [-0.25, -0.2) is 4.98 Å². The van der Waals surface area contributed by atoms with Gasteiger partial charge in [-0.1, -0.05) is 24.3 Å². The van der Waals surface area contributed by atoms with E-state index in [1.807, 2.05) is 61.5 Å². The van der Waals surface area contributed by atoms with Crippen molar-refractivity contribution in [1.29, 1.82) is 5.26 Å². The molecule has 0 aliphatic rings. The smallest absolute Gasteiger partial charge is 0.229 e. The number of nitriles is 1. The number of aromatic amines is 1. The van der Waals surface area contributed by atoms with Gasteiger partial charge in [0.1, 0.15) is 5.82 Å². The molecule has 2 heterocycles. The van der Waals surface area contributed by atoms with E-state index in [1.54, 1.807) is 0 Å². The Morgan fingerprint density at radius 3 is 2.59 bits per heavy atom. The van der Waals surface area contributed by atoms with Crippen molar-refractivity contribution in [3.63, 3.8) is 0 Å². The van der Waals surface area contributed by atoms with E-state index >= 15 is 0 Å². The van der Waals surface area contributed by atoms with Gasteiger partial charge in [-0.2, -0.15) is 15.3 Å². The lowest BCUT2D eigenvalue weighted by molar-refractivity contribution is 1.05. The summed E-state index contributed by atoms with van der Waals surface area (Å²) < 4.78 is 0. The number of H-pyrrole nitrogens is 1. The number of nitrogens with one attached hydrogen (secondary N) is 3. The topological polar surface area (TPSA) is 102 Å². The number of aryl methyl sites for hydroxylation is 1. The van der Waals surface area contributed by atoms with Crippen LogP contribution in [0.1, 0.15) is 11.3 Å². The van der Waals surface area contributed by atoms with Gasteiger partial charge in [0.15, 0.2) is 5.82 Å². The summed E-state index contributed by atoms with van der Waals surface area (Å²) >= 11 is 0. The van der Waals surface area contributed by atoms with Gasteiger partial charge >= 0.3 is 0 Å². The lowest BCUT2D eigenvalue weighted by Gasteiger charge is -2.11. The minimum absolute atomic E-state index is 0.393. The fourth-order valence-electron chi connectivity index (χ4n) is 2.76. The van der Waals surface area contributed by atoms with E-state index < -0.39 is 0 Å². The van der Waals surface area contributed by atoms with Gasteiger partial charge < -0.3 is 10.6 Å². The van der Waals surface area contributed by atoms with Crippen LogP contribution in [0.3, 0.4) is 0 Å². The molecule has 3 N–H and O–H groups in total. The van der Waals surface area contributed by atoms with E-state index in [9.17, 15) is 0 Å². The van der Waals surface area contributed by atoms with E-state index in [1.165, 1.54) is 0 Å². The Hall–Kier alpha value is -3.92. The highest BCUT2D eigenvalue weighted by molar-refractivity contribution is 5.91. The van der Waals surface area contributed by atoms with Crippen LogP contribution < -0.4 is 10.6 Å². The average Bonchev–Trinajstić information content (AvgIpc) is 3.08. The molecule has 2 aromatic heterocycles. The van der Waals surface area contributed by atoms with Crippen molar-refractivity contribution in [2.45, 2.75) is 13.3 Å². The van der Waals surface area contributed by atoms with Crippen LogP contribution in [0.2, 0.25) is 0 Å². The molecule has 4 aromatic rings. The molecule has 7 heteroatoms. The van der Waals surface area contributed by atoms with E-state index in [4.69, 9.17) is 5.26 Å². The molecule has 0 spiro atoms. The number of hydrogen-bond donors (Lipinski definition) is 3. The van der Waals surface area contributed by atoms with Gasteiger partial charge in [0.2, 0.25) is 5.95 Å². The maximum Gasteiger partial charge on any atom is 0.229 e. The highest BCUT2D eigenvalue weighted by Gasteiger charge is 2.09. The Bertz CT molecular complexity index is 1120. The average molecular weight is 355 g/mol. The molecule has 0 saturated heterocycles. The van der Waals surface area contributed by atoms with Gasteiger partial charge in [0.25, 0.3) is 0 Å². The maximum absolute atomic E-state index is 8.78.